The molecule has 76 valence electrons. The fraction of sp³-hybridized carbons (Fsp3) is 0.700. The molecule has 0 aliphatic carbocycles. The lowest BCUT2D eigenvalue weighted by Crippen LogP contribution is -2.17. The zero-order valence-corrected chi connectivity index (χ0v) is 9.23. The van der Waals surface area contributed by atoms with Crippen LogP contribution in [0.25, 0.3) is 0 Å². The van der Waals surface area contributed by atoms with Crippen LogP contribution < -0.4 is 5.32 Å². The number of likely N-dealkylation sites (tertiary alicyclic amines) is 1. The van der Waals surface area contributed by atoms with E-state index in [0.29, 0.717) is 6.04 Å². The van der Waals surface area contributed by atoms with Crippen molar-refractivity contribution in [2.45, 2.75) is 32.0 Å². The predicted octanol–water partition coefficient (Wildman–Crippen LogP) is 1.51. The summed E-state index contributed by atoms with van der Waals surface area (Å²) in [5.74, 6) is 0. The van der Waals surface area contributed by atoms with Crippen LogP contribution in [0.15, 0.2) is 0 Å². The van der Waals surface area contributed by atoms with Crippen molar-refractivity contribution in [3.63, 3.8) is 0 Å². The summed E-state index contributed by atoms with van der Waals surface area (Å²) in [5.41, 5.74) is 1.30. The molecule has 1 atom stereocenters. The van der Waals surface area contributed by atoms with Crippen LogP contribution in [0.4, 0.5) is 0 Å². The molecule has 1 saturated heterocycles. The van der Waals surface area contributed by atoms with E-state index >= 15 is 0 Å². The molecule has 0 saturated carbocycles. The molecule has 1 aromatic heterocycles. The van der Waals surface area contributed by atoms with Crippen molar-refractivity contribution < 1.29 is 0 Å². The highest BCUT2D eigenvalue weighted by molar-refractivity contribution is 7.11. The molecule has 2 aliphatic heterocycles. The van der Waals surface area contributed by atoms with E-state index in [0.717, 1.165) is 13.1 Å². The normalized spacial score (nSPS) is 27.1. The molecule has 1 aromatic rings. The fourth-order valence-electron chi connectivity index (χ4n) is 2.34. The molecule has 0 aromatic carbocycles. The molecular formula is C10H15N3S. The van der Waals surface area contributed by atoms with E-state index in [-0.39, 0.29) is 0 Å². The molecule has 0 bridgehead atoms. The first-order valence-electron chi connectivity index (χ1n) is 5.24. The third kappa shape index (κ3) is 1.29. The van der Waals surface area contributed by atoms with Gasteiger partial charge in [0.2, 0.25) is 0 Å². The third-order valence-corrected chi connectivity index (χ3v) is 4.38. The summed E-state index contributed by atoms with van der Waals surface area (Å²) in [6.45, 7) is 3.23. The van der Waals surface area contributed by atoms with Gasteiger partial charge in [-0.3, -0.25) is 4.90 Å². The molecule has 3 rings (SSSR count). The van der Waals surface area contributed by atoms with E-state index in [1.807, 2.05) is 11.3 Å². The Morgan fingerprint density at radius 3 is 3.14 bits per heavy atom. The third-order valence-electron chi connectivity index (χ3n) is 3.18. The van der Waals surface area contributed by atoms with Crippen LogP contribution >= 0.6 is 11.3 Å². The molecule has 2 aliphatic rings. The maximum absolute atomic E-state index is 4.74. The van der Waals surface area contributed by atoms with Crippen LogP contribution in [0.3, 0.4) is 0 Å². The monoisotopic (exact) mass is 209 g/mol. The van der Waals surface area contributed by atoms with Gasteiger partial charge in [-0.05, 0) is 26.4 Å². The van der Waals surface area contributed by atoms with Crippen LogP contribution in [0.1, 0.15) is 34.5 Å². The number of thiazole rings is 1. The van der Waals surface area contributed by atoms with Crippen molar-refractivity contribution in [2.24, 2.45) is 0 Å². The highest BCUT2D eigenvalue weighted by Crippen LogP contribution is 2.35. The van der Waals surface area contributed by atoms with Crippen LogP contribution in [0.5, 0.6) is 0 Å². The van der Waals surface area contributed by atoms with Gasteiger partial charge in [-0.2, -0.15) is 0 Å². The van der Waals surface area contributed by atoms with Gasteiger partial charge in [0.1, 0.15) is 5.01 Å². The van der Waals surface area contributed by atoms with Crippen LogP contribution in [0.2, 0.25) is 0 Å². The van der Waals surface area contributed by atoms with Gasteiger partial charge < -0.3 is 5.32 Å². The van der Waals surface area contributed by atoms with Gasteiger partial charge in [-0.1, -0.05) is 0 Å². The number of nitrogens with zero attached hydrogens (tertiary/aromatic N) is 2. The van der Waals surface area contributed by atoms with E-state index in [2.05, 4.69) is 17.3 Å². The van der Waals surface area contributed by atoms with Gasteiger partial charge in [-0.25, -0.2) is 4.98 Å². The number of aromatic nitrogens is 1. The predicted molar refractivity (Wildman–Crippen MR) is 57.3 cm³/mol. The molecule has 1 unspecified atom stereocenters. The number of nitrogens with one attached hydrogen (secondary N) is 1. The van der Waals surface area contributed by atoms with E-state index in [1.54, 1.807) is 0 Å². The number of fused-ring (bicyclic) bond motifs is 1. The average Bonchev–Trinajstić information content (AvgIpc) is 2.75. The van der Waals surface area contributed by atoms with Crippen molar-refractivity contribution in [2.75, 3.05) is 13.6 Å². The molecule has 3 nitrogen and oxygen atoms in total. The van der Waals surface area contributed by atoms with E-state index < -0.39 is 0 Å². The lowest BCUT2D eigenvalue weighted by Gasteiger charge is -2.16. The zero-order chi connectivity index (χ0) is 9.54. The van der Waals surface area contributed by atoms with Gasteiger partial charge in [0.25, 0.3) is 0 Å². The number of hydrogen-bond acceptors (Lipinski definition) is 4. The standard InChI is InChI=1S/C10H15N3S/c1-13-4-2-3-8(13)10-12-7-5-11-6-9(7)14-10/h8,11H,2-6H2,1H3. The Bertz CT molecular complexity index is 326. The smallest absolute Gasteiger partial charge is 0.110 e. The molecule has 14 heavy (non-hydrogen) atoms. The van der Waals surface area contributed by atoms with E-state index in [4.69, 9.17) is 4.98 Å². The summed E-state index contributed by atoms with van der Waals surface area (Å²) in [6.07, 6.45) is 2.61. The first kappa shape index (κ1) is 8.83. The molecule has 0 spiro atoms. The fourth-order valence-corrected chi connectivity index (χ4v) is 3.59. The van der Waals surface area contributed by atoms with Gasteiger partial charge in [0, 0.05) is 18.0 Å². The maximum atomic E-state index is 4.74. The molecular weight excluding hydrogens is 194 g/mol. The van der Waals surface area contributed by atoms with Gasteiger partial charge in [0.15, 0.2) is 0 Å². The van der Waals surface area contributed by atoms with Gasteiger partial charge >= 0.3 is 0 Å². The van der Waals surface area contributed by atoms with Crippen LogP contribution in [-0.4, -0.2) is 23.5 Å². The highest BCUT2D eigenvalue weighted by atomic mass is 32.1. The number of hydrogen-bond donors (Lipinski definition) is 1. The summed E-state index contributed by atoms with van der Waals surface area (Å²) in [5, 5.41) is 4.67. The Morgan fingerprint density at radius 1 is 1.50 bits per heavy atom. The summed E-state index contributed by atoms with van der Waals surface area (Å²) < 4.78 is 0. The van der Waals surface area contributed by atoms with Crippen molar-refractivity contribution in [1.29, 1.82) is 0 Å². The Labute approximate surface area is 88.1 Å². The van der Waals surface area contributed by atoms with Crippen molar-refractivity contribution in [3.8, 4) is 0 Å². The summed E-state index contributed by atoms with van der Waals surface area (Å²) >= 11 is 1.91. The first-order valence-corrected chi connectivity index (χ1v) is 6.05. The van der Waals surface area contributed by atoms with E-state index in [1.165, 1.54) is 35.0 Å². The second kappa shape index (κ2) is 3.29. The van der Waals surface area contributed by atoms with Crippen LogP contribution in [-0.2, 0) is 13.1 Å². The van der Waals surface area contributed by atoms with Crippen molar-refractivity contribution >= 4 is 11.3 Å². The molecule has 0 radical (unpaired) electrons. The van der Waals surface area contributed by atoms with Gasteiger partial charge in [-0.15, -0.1) is 11.3 Å². The largest absolute Gasteiger partial charge is 0.306 e. The first-order chi connectivity index (χ1) is 6.84. The van der Waals surface area contributed by atoms with Crippen molar-refractivity contribution in [1.82, 2.24) is 15.2 Å². The lowest BCUT2D eigenvalue weighted by atomic mass is 10.2. The summed E-state index contributed by atoms with van der Waals surface area (Å²) in [4.78, 5) is 8.63. The topological polar surface area (TPSA) is 28.2 Å². The Morgan fingerprint density at radius 2 is 2.43 bits per heavy atom. The lowest BCUT2D eigenvalue weighted by molar-refractivity contribution is 0.316. The molecule has 4 heteroatoms. The molecule has 3 heterocycles. The summed E-state index contributed by atoms with van der Waals surface area (Å²) in [6, 6.07) is 0.602. The minimum absolute atomic E-state index is 0.602. The van der Waals surface area contributed by atoms with Crippen molar-refractivity contribution in [3.05, 3.63) is 15.6 Å². The SMILES string of the molecule is CN1CCCC1c1nc2c(s1)CNC2. The second-order valence-electron chi connectivity index (χ2n) is 4.16. The molecule has 1 N–H and O–H groups in total. The number of rotatable bonds is 1. The minimum Gasteiger partial charge on any atom is -0.306 e. The second-order valence-corrected chi connectivity index (χ2v) is 5.28. The van der Waals surface area contributed by atoms with Crippen LogP contribution in [0, 0.1) is 0 Å². The van der Waals surface area contributed by atoms with E-state index in [9.17, 15) is 0 Å². The molecule has 1 fully saturated rings. The minimum atomic E-state index is 0.602. The Hall–Kier alpha value is -0.450. The quantitative estimate of drug-likeness (QED) is 0.760. The molecule has 0 amide bonds. The Balaban J connectivity index is 1.89. The maximum Gasteiger partial charge on any atom is 0.110 e. The van der Waals surface area contributed by atoms with Gasteiger partial charge in [0.05, 0.1) is 11.7 Å². The average molecular weight is 209 g/mol. The highest BCUT2D eigenvalue weighted by Gasteiger charge is 2.27. The Kier molecular flexibility index (Phi) is 2.08. The zero-order valence-electron chi connectivity index (χ0n) is 8.42. The summed E-state index contributed by atoms with van der Waals surface area (Å²) in [7, 11) is 2.21.